The fourth-order valence-electron chi connectivity index (χ4n) is 3.49. The van der Waals surface area contributed by atoms with Crippen LogP contribution in [0.3, 0.4) is 0 Å². The van der Waals surface area contributed by atoms with Gasteiger partial charge in [0, 0.05) is 18.7 Å². The van der Waals surface area contributed by atoms with Gasteiger partial charge in [-0.25, -0.2) is 9.97 Å². The van der Waals surface area contributed by atoms with Gasteiger partial charge in [-0.15, -0.1) is 0 Å². The number of ether oxygens (including phenoxy) is 1. The molecule has 3 N–H and O–H groups in total. The van der Waals surface area contributed by atoms with Gasteiger partial charge in [0.15, 0.2) is 12.3 Å². The second-order valence-electron chi connectivity index (χ2n) is 7.47. The molecule has 0 atom stereocenters. The number of rotatable bonds is 6. The predicted octanol–water partition coefficient (Wildman–Crippen LogP) is 2.91. The number of benzene rings is 1. The summed E-state index contributed by atoms with van der Waals surface area (Å²) in [5.74, 6) is 1.14. The fourth-order valence-corrected chi connectivity index (χ4v) is 3.68. The molecule has 4 rings (SSSR count). The Labute approximate surface area is 180 Å². The van der Waals surface area contributed by atoms with E-state index < -0.39 is 0 Å². The Morgan fingerprint density at radius 2 is 2.03 bits per heavy atom. The van der Waals surface area contributed by atoms with Crippen LogP contribution in [0.25, 0.3) is 22.6 Å². The van der Waals surface area contributed by atoms with Crippen LogP contribution in [0.5, 0.6) is 5.75 Å². The van der Waals surface area contributed by atoms with Crippen LogP contribution in [0.15, 0.2) is 30.5 Å². The summed E-state index contributed by atoms with van der Waals surface area (Å²) in [6.45, 7) is 2.10. The van der Waals surface area contributed by atoms with Crippen molar-refractivity contribution in [3.63, 3.8) is 0 Å². The molecule has 9 heteroatoms. The Balaban J connectivity index is 1.55. The SMILES string of the molecule is CNC(=O)COc1ccc(-c2nc3c(NC4CCN(C)CC4)c(Cl)cnc3[nH]2)cc1. The van der Waals surface area contributed by atoms with Crippen molar-refractivity contribution in [2.75, 3.05) is 39.1 Å². The van der Waals surface area contributed by atoms with Gasteiger partial charge in [0.2, 0.25) is 0 Å². The van der Waals surface area contributed by atoms with Crippen LogP contribution in [-0.4, -0.2) is 65.6 Å². The average molecular weight is 429 g/mol. The lowest BCUT2D eigenvalue weighted by atomic mass is 10.1. The number of halogens is 1. The third-order valence-corrected chi connectivity index (χ3v) is 5.60. The molecule has 0 bridgehead atoms. The molecule has 0 unspecified atom stereocenters. The Morgan fingerprint density at radius 3 is 2.73 bits per heavy atom. The maximum Gasteiger partial charge on any atom is 0.257 e. The summed E-state index contributed by atoms with van der Waals surface area (Å²) in [5, 5.41) is 6.67. The lowest BCUT2D eigenvalue weighted by Gasteiger charge is -2.30. The third-order valence-electron chi connectivity index (χ3n) is 5.31. The molecule has 158 valence electrons. The molecule has 3 heterocycles. The highest BCUT2D eigenvalue weighted by molar-refractivity contribution is 6.34. The summed E-state index contributed by atoms with van der Waals surface area (Å²) in [6.07, 6.45) is 3.77. The highest BCUT2D eigenvalue weighted by Crippen LogP contribution is 2.32. The van der Waals surface area contributed by atoms with Crippen LogP contribution in [0.4, 0.5) is 5.69 Å². The number of imidazole rings is 1. The number of carbonyl (C=O) groups excluding carboxylic acids is 1. The molecule has 1 fully saturated rings. The molecule has 3 aromatic rings. The lowest BCUT2D eigenvalue weighted by Crippen LogP contribution is -2.36. The minimum Gasteiger partial charge on any atom is -0.484 e. The van der Waals surface area contributed by atoms with Crippen LogP contribution in [-0.2, 0) is 4.79 Å². The summed E-state index contributed by atoms with van der Waals surface area (Å²) < 4.78 is 5.45. The number of piperidine rings is 1. The van der Waals surface area contributed by atoms with Gasteiger partial charge in [-0.05, 0) is 57.2 Å². The molecule has 1 aliphatic heterocycles. The maximum absolute atomic E-state index is 11.3. The first-order chi connectivity index (χ1) is 14.5. The Bertz CT molecular complexity index is 1030. The number of pyridine rings is 1. The lowest BCUT2D eigenvalue weighted by molar-refractivity contribution is -0.122. The van der Waals surface area contributed by atoms with Crippen molar-refractivity contribution in [3.8, 4) is 17.1 Å². The van der Waals surface area contributed by atoms with E-state index in [2.05, 4.69) is 32.5 Å². The highest BCUT2D eigenvalue weighted by atomic mass is 35.5. The Hall–Kier alpha value is -2.84. The van der Waals surface area contributed by atoms with E-state index in [0.29, 0.717) is 28.3 Å². The van der Waals surface area contributed by atoms with Crippen molar-refractivity contribution in [2.24, 2.45) is 0 Å². The smallest absolute Gasteiger partial charge is 0.257 e. The molecule has 0 aliphatic carbocycles. The van der Waals surface area contributed by atoms with Crippen molar-refractivity contribution in [2.45, 2.75) is 18.9 Å². The van der Waals surface area contributed by atoms with Crippen LogP contribution in [0.2, 0.25) is 5.02 Å². The van der Waals surface area contributed by atoms with Crippen molar-refractivity contribution in [3.05, 3.63) is 35.5 Å². The molecular formula is C21H25ClN6O2. The number of hydrogen-bond donors (Lipinski definition) is 3. The second-order valence-corrected chi connectivity index (χ2v) is 7.88. The topological polar surface area (TPSA) is 95.2 Å². The maximum atomic E-state index is 11.3. The minimum absolute atomic E-state index is 0.0190. The number of aromatic amines is 1. The number of hydrogen-bond acceptors (Lipinski definition) is 6. The number of carbonyl (C=O) groups is 1. The summed E-state index contributed by atoms with van der Waals surface area (Å²) in [7, 11) is 3.72. The average Bonchev–Trinajstić information content (AvgIpc) is 3.20. The van der Waals surface area contributed by atoms with E-state index in [4.69, 9.17) is 21.3 Å². The highest BCUT2D eigenvalue weighted by Gasteiger charge is 2.20. The zero-order valence-electron chi connectivity index (χ0n) is 17.0. The monoisotopic (exact) mass is 428 g/mol. The van der Waals surface area contributed by atoms with Gasteiger partial charge in [0.05, 0.1) is 16.9 Å². The molecule has 2 aromatic heterocycles. The van der Waals surface area contributed by atoms with Gasteiger partial charge >= 0.3 is 0 Å². The fraction of sp³-hybridized carbons (Fsp3) is 0.381. The van der Waals surface area contributed by atoms with Gasteiger partial charge in [-0.1, -0.05) is 11.6 Å². The first-order valence-corrected chi connectivity index (χ1v) is 10.3. The molecular weight excluding hydrogens is 404 g/mol. The summed E-state index contributed by atoms with van der Waals surface area (Å²) in [5.41, 5.74) is 3.13. The molecule has 0 radical (unpaired) electrons. The van der Waals surface area contributed by atoms with Gasteiger partial charge in [-0.2, -0.15) is 0 Å². The van der Waals surface area contributed by atoms with Crippen LogP contribution < -0.4 is 15.4 Å². The number of aromatic nitrogens is 3. The number of nitrogens with zero attached hydrogens (tertiary/aromatic N) is 3. The van der Waals surface area contributed by atoms with E-state index in [-0.39, 0.29) is 12.5 Å². The molecule has 1 aliphatic rings. The standard InChI is InChI=1S/C21H25ClN6O2/c1-23-17(29)12-30-15-5-3-13(4-6-15)20-26-19-18(16(22)11-24-21(19)27-20)25-14-7-9-28(2)10-8-14/h3-6,11,14H,7-10,12H2,1-2H3,(H,23,29)(H2,24,25,26,27). The second kappa shape index (κ2) is 8.89. The van der Waals surface area contributed by atoms with E-state index in [1.807, 2.05) is 24.3 Å². The van der Waals surface area contributed by atoms with Crippen LogP contribution >= 0.6 is 11.6 Å². The van der Waals surface area contributed by atoms with E-state index in [1.54, 1.807) is 13.2 Å². The number of anilines is 1. The number of fused-ring (bicyclic) bond motifs is 1. The quantitative estimate of drug-likeness (QED) is 0.558. The van der Waals surface area contributed by atoms with Gasteiger partial charge < -0.3 is 25.3 Å². The summed E-state index contributed by atoms with van der Waals surface area (Å²) in [6, 6.07) is 7.76. The van der Waals surface area contributed by atoms with Gasteiger partial charge in [0.1, 0.15) is 17.1 Å². The zero-order valence-corrected chi connectivity index (χ0v) is 17.8. The summed E-state index contributed by atoms with van der Waals surface area (Å²) in [4.78, 5) is 26.1. The number of H-pyrrole nitrogens is 1. The van der Waals surface area contributed by atoms with E-state index >= 15 is 0 Å². The summed E-state index contributed by atoms with van der Waals surface area (Å²) >= 11 is 6.46. The number of likely N-dealkylation sites (N-methyl/N-ethyl adjacent to an activating group) is 1. The molecule has 8 nitrogen and oxygen atoms in total. The molecule has 1 amide bonds. The molecule has 1 aromatic carbocycles. The molecule has 0 spiro atoms. The normalized spacial score (nSPS) is 15.3. The van der Waals surface area contributed by atoms with Crippen LogP contribution in [0.1, 0.15) is 12.8 Å². The Kier molecular flexibility index (Phi) is 6.06. The Morgan fingerprint density at radius 1 is 1.30 bits per heavy atom. The number of nitrogens with one attached hydrogen (secondary N) is 3. The van der Waals surface area contributed by atoms with E-state index in [0.717, 1.165) is 42.7 Å². The van der Waals surface area contributed by atoms with E-state index in [9.17, 15) is 4.79 Å². The van der Waals surface area contributed by atoms with Gasteiger partial charge in [-0.3, -0.25) is 4.79 Å². The first-order valence-electron chi connectivity index (χ1n) is 9.96. The van der Waals surface area contributed by atoms with Crippen molar-refractivity contribution in [1.82, 2.24) is 25.2 Å². The predicted molar refractivity (Wildman–Crippen MR) is 118 cm³/mol. The number of amides is 1. The first kappa shape index (κ1) is 20.4. The third kappa shape index (κ3) is 4.49. The van der Waals surface area contributed by atoms with Crippen LogP contribution in [0, 0.1) is 0 Å². The zero-order chi connectivity index (χ0) is 21.1. The molecule has 1 saturated heterocycles. The molecule has 30 heavy (non-hydrogen) atoms. The van der Waals surface area contributed by atoms with Gasteiger partial charge in [0.25, 0.3) is 5.91 Å². The van der Waals surface area contributed by atoms with Crippen molar-refractivity contribution in [1.29, 1.82) is 0 Å². The van der Waals surface area contributed by atoms with Crippen molar-refractivity contribution >= 4 is 34.4 Å². The molecule has 0 saturated carbocycles. The van der Waals surface area contributed by atoms with Crippen molar-refractivity contribution < 1.29 is 9.53 Å². The number of likely N-dealkylation sites (tertiary alicyclic amines) is 1. The minimum atomic E-state index is -0.177. The largest absolute Gasteiger partial charge is 0.484 e. The van der Waals surface area contributed by atoms with E-state index in [1.165, 1.54) is 0 Å².